The Labute approximate surface area is 103 Å². The molecule has 1 atom stereocenters. The molecule has 1 rings (SSSR count). The van der Waals surface area contributed by atoms with E-state index < -0.39 is 18.6 Å². The van der Waals surface area contributed by atoms with E-state index >= 15 is 0 Å². The Morgan fingerprint density at radius 2 is 2.00 bits per heavy atom. The number of para-hydroxylation sites is 1. The number of thiocarbonyl (C=S) groups is 1. The fourth-order valence-electron chi connectivity index (χ4n) is 1.49. The summed E-state index contributed by atoms with van der Waals surface area (Å²) in [6.45, 7) is 1.46. The summed E-state index contributed by atoms with van der Waals surface area (Å²) in [6.07, 6.45) is -5.09. The molecule has 0 heterocycles. The Hall–Kier alpha value is -1.30. The van der Waals surface area contributed by atoms with Crippen molar-refractivity contribution in [3.8, 4) is 0 Å². The summed E-state index contributed by atoms with van der Waals surface area (Å²) in [4.78, 5) is 0.160. The van der Waals surface area contributed by atoms with Gasteiger partial charge in [0, 0.05) is 17.3 Å². The van der Waals surface area contributed by atoms with Crippen LogP contribution in [0.25, 0.3) is 0 Å². The van der Waals surface area contributed by atoms with Crippen molar-refractivity contribution in [1.82, 2.24) is 0 Å². The lowest BCUT2D eigenvalue weighted by molar-refractivity contribution is -0.136. The van der Waals surface area contributed by atoms with Gasteiger partial charge in [0.25, 0.3) is 0 Å². The van der Waals surface area contributed by atoms with Crippen LogP contribution in [0.1, 0.15) is 18.9 Å². The lowest BCUT2D eigenvalue weighted by Crippen LogP contribution is -2.25. The third-order valence-corrected chi connectivity index (χ3v) is 2.35. The largest absolute Gasteiger partial charge is 0.391 e. The zero-order valence-electron chi connectivity index (χ0n) is 9.21. The topological polar surface area (TPSA) is 38.0 Å². The van der Waals surface area contributed by atoms with Crippen molar-refractivity contribution in [3.63, 3.8) is 0 Å². The second-order valence-corrected chi connectivity index (χ2v) is 4.21. The van der Waals surface area contributed by atoms with E-state index in [1.807, 2.05) is 0 Å². The standard InChI is InChI=1S/C11H13F3N2S/c1-7(6-11(12,13)14)16-9-5-3-2-4-8(9)10(15)17/h2-5,7,16H,6H2,1H3,(H2,15,17). The molecule has 1 aromatic carbocycles. The van der Waals surface area contributed by atoms with E-state index in [1.54, 1.807) is 24.3 Å². The Kier molecular flexibility index (Phi) is 4.34. The molecule has 0 saturated carbocycles. The molecule has 1 aromatic rings. The zero-order valence-corrected chi connectivity index (χ0v) is 10.0. The first-order valence-electron chi connectivity index (χ1n) is 5.01. The molecule has 0 aliphatic heterocycles. The summed E-state index contributed by atoms with van der Waals surface area (Å²) in [5, 5.41) is 2.76. The highest BCUT2D eigenvalue weighted by Gasteiger charge is 2.30. The summed E-state index contributed by atoms with van der Waals surface area (Å²) in [6, 6.07) is 6.04. The molecule has 6 heteroatoms. The molecule has 0 aliphatic rings. The number of nitrogens with one attached hydrogen (secondary N) is 1. The van der Waals surface area contributed by atoms with E-state index in [0.717, 1.165) is 0 Å². The molecule has 1 unspecified atom stereocenters. The van der Waals surface area contributed by atoms with Crippen LogP contribution < -0.4 is 11.1 Å². The van der Waals surface area contributed by atoms with Crippen molar-refractivity contribution in [3.05, 3.63) is 29.8 Å². The minimum absolute atomic E-state index is 0.160. The molecule has 0 bridgehead atoms. The molecule has 3 N–H and O–H groups in total. The first-order valence-corrected chi connectivity index (χ1v) is 5.42. The van der Waals surface area contributed by atoms with Gasteiger partial charge >= 0.3 is 6.18 Å². The number of hydrogen-bond donors (Lipinski definition) is 2. The molecule has 0 aliphatic carbocycles. The Morgan fingerprint density at radius 3 is 2.53 bits per heavy atom. The summed E-state index contributed by atoms with van der Waals surface area (Å²) in [7, 11) is 0. The lowest BCUT2D eigenvalue weighted by Gasteiger charge is -2.18. The Morgan fingerprint density at radius 1 is 1.41 bits per heavy atom. The van der Waals surface area contributed by atoms with Gasteiger partial charge in [-0.2, -0.15) is 13.2 Å². The molecule has 0 radical (unpaired) electrons. The summed E-state index contributed by atoms with van der Waals surface area (Å²) >= 11 is 4.83. The summed E-state index contributed by atoms with van der Waals surface area (Å²) in [5.41, 5.74) is 6.56. The molecule has 0 aromatic heterocycles. The Balaban J connectivity index is 2.78. The van der Waals surface area contributed by atoms with Crippen LogP contribution in [0.2, 0.25) is 0 Å². The molecule has 0 amide bonds. The molecular weight excluding hydrogens is 249 g/mol. The van der Waals surface area contributed by atoms with Crippen LogP contribution in [0.4, 0.5) is 18.9 Å². The zero-order chi connectivity index (χ0) is 13.1. The third kappa shape index (κ3) is 4.60. The van der Waals surface area contributed by atoms with Gasteiger partial charge in [-0.05, 0) is 19.1 Å². The number of rotatable bonds is 4. The highest BCUT2D eigenvalue weighted by Crippen LogP contribution is 2.24. The van der Waals surface area contributed by atoms with Gasteiger partial charge in [-0.25, -0.2) is 0 Å². The predicted octanol–water partition coefficient (Wildman–Crippen LogP) is 3.07. The van der Waals surface area contributed by atoms with E-state index in [0.29, 0.717) is 11.3 Å². The molecule has 17 heavy (non-hydrogen) atoms. The predicted molar refractivity (Wildman–Crippen MR) is 66.1 cm³/mol. The lowest BCUT2D eigenvalue weighted by atomic mass is 10.1. The molecule has 2 nitrogen and oxygen atoms in total. The average molecular weight is 262 g/mol. The van der Waals surface area contributed by atoms with Crippen LogP contribution in [0.15, 0.2) is 24.3 Å². The SMILES string of the molecule is CC(CC(F)(F)F)Nc1ccccc1C(N)=S. The number of anilines is 1. The van der Waals surface area contributed by atoms with Gasteiger partial charge in [0.1, 0.15) is 4.99 Å². The summed E-state index contributed by atoms with van der Waals surface area (Å²) < 4.78 is 36.5. The smallest absolute Gasteiger partial charge is 0.389 e. The van der Waals surface area contributed by atoms with E-state index in [9.17, 15) is 13.2 Å². The van der Waals surface area contributed by atoms with Crippen LogP contribution in [0.3, 0.4) is 0 Å². The minimum atomic E-state index is -4.19. The number of alkyl halides is 3. The van der Waals surface area contributed by atoms with E-state index in [2.05, 4.69) is 5.32 Å². The van der Waals surface area contributed by atoms with Crippen molar-refractivity contribution >= 4 is 22.9 Å². The van der Waals surface area contributed by atoms with Crippen LogP contribution in [0.5, 0.6) is 0 Å². The highest BCUT2D eigenvalue weighted by atomic mass is 32.1. The van der Waals surface area contributed by atoms with Crippen molar-refractivity contribution in [2.75, 3.05) is 5.32 Å². The van der Waals surface area contributed by atoms with Gasteiger partial charge in [0.2, 0.25) is 0 Å². The van der Waals surface area contributed by atoms with E-state index in [-0.39, 0.29) is 4.99 Å². The van der Waals surface area contributed by atoms with Gasteiger partial charge in [0.15, 0.2) is 0 Å². The van der Waals surface area contributed by atoms with E-state index in [4.69, 9.17) is 18.0 Å². The van der Waals surface area contributed by atoms with Crippen molar-refractivity contribution in [2.45, 2.75) is 25.6 Å². The van der Waals surface area contributed by atoms with Gasteiger partial charge in [-0.1, -0.05) is 24.4 Å². The molecule has 0 spiro atoms. The van der Waals surface area contributed by atoms with Gasteiger partial charge < -0.3 is 11.1 Å². The van der Waals surface area contributed by atoms with Crippen LogP contribution in [-0.2, 0) is 0 Å². The molecule has 0 fully saturated rings. The average Bonchev–Trinajstić information content (AvgIpc) is 2.14. The fourth-order valence-corrected chi connectivity index (χ4v) is 1.67. The van der Waals surface area contributed by atoms with Crippen LogP contribution in [0, 0.1) is 0 Å². The Bertz CT molecular complexity index is 404. The quantitative estimate of drug-likeness (QED) is 0.819. The summed E-state index contributed by atoms with van der Waals surface area (Å²) in [5.74, 6) is 0. The van der Waals surface area contributed by atoms with E-state index in [1.165, 1.54) is 6.92 Å². The first kappa shape index (κ1) is 13.8. The number of nitrogens with two attached hydrogens (primary N) is 1. The normalized spacial score (nSPS) is 13.2. The molecule has 0 saturated heterocycles. The van der Waals surface area contributed by atoms with Gasteiger partial charge in [-0.3, -0.25) is 0 Å². The second kappa shape index (κ2) is 5.35. The van der Waals surface area contributed by atoms with Crippen molar-refractivity contribution < 1.29 is 13.2 Å². The van der Waals surface area contributed by atoms with Crippen LogP contribution in [-0.4, -0.2) is 17.2 Å². The number of hydrogen-bond acceptors (Lipinski definition) is 2. The fraction of sp³-hybridized carbons (Fsp3) is 0.364. The van der Waals surface area contributed by atoms with Crippen LogP contribution >= 0.6 is 12.2 Å². The minimum Gasteiger partial charge on any atom is -0.389 e. The maximum absolute atomic E-state index is 12.2. The second-order valence-electron chi connectivity index (χ2n) is 3.77. The first-order chi connectivity index (χ1) is 7.79. The third-order valence-electron chi connectivity index (χ3n) is 2.13. The monoisotopic (exact) mass is 262 g/mol. The molecule has 94 valence electrons. The highest BCUT2D eigenvalue weighted by molar-refractivity contribution is 7.80. The van der Waals surface area contributed by atoms with Crippen molar-refractivity contribution in [1.29, 1.82) is 0 Å². The number of benzene rings is 1. The maximum atomic E-state index is 12.2. The molecular formula is C11H13F3N2S. The van der Waals surface area contributed by atoms with Gasteiger partial charge in [0.05, 0.1) is 6.42 Å². The van der Waals surface area contributed by atoms with Gasteiger partial charge in [-0.15, -0.1) is 0 Å². The maximum Gasteiger partial charge on any atom is 0.391 e. The number of halogens is 3. The van der Waals surface area contributed by atoms with Crippen molar-refractivity contribution in [2.24, 2.45) is 5.73 Å².